The van der Waals surface area contributed by atoms with Gasteiger partial charge in [-0.3, -0.25) is 9.59 Å². The number of aryl methyl sites for hydroxylation is 2. The molecule has 4 aromatic rings. The van der Waals surface area contributed by atoms with Gasteiger partial charge in [-0.15, -0.1) is 0 Å². The van der Waals surface area contributed by atoms with Gasteiger partial charge in [0.05, 0.1) is 12.8 Å². The summed E-state index contributed by atoms with van der Waals surface area (Å²) in [4.78, 5) is 28.8. The van der Waals surface area contributed by atoms with E-state index in [2.05, 4.69) is 10.4 Å². The van der Waals surface area contributed by atoms with Crippen molar-refractivity contribution in [2.45, 2.75) is 20.8 Å². The number of rotatable bonds is 5. The zero-order valence-electron chi connectivity index (χ0n) is 18.2. The predicted molar refractivity (Wildman–Crippen MR) is 121 cm³/mol. The molecule has 1 amide bonds. The van der Waals surface area contributed by atoms with Crippen LogP contribution in [0.15, 0.2) is 54.6 Å². The van der Waals surface area contributed by atoms with Crippen molar-refractivity contribution >= 4 is 28.6 Å². The highest BCUT2D eigenvalue weighted by Crippen LogP contribution is 2.28. The maximum absolute atomic E-state index is 12.9. The molecule has 0 radical (unpaired) electrons. The van der Waals surface area contributed by atoms with Crippen molar-refractivity contribution in [1.82, 2.24) is 14.8 Å². The van der Waals surface area contributed by atoms with E-state index >= 15 is 0 Å². The molecule has 4 rings (SSSR count). The van der Waals surface area contributed by atoms with Crippen LogP contribution in [-0.2, 0) is 4.79 Å². The van der Waals surface area contributed by atoms with Gasteiger partial charge < -0.3 is 14.8 Å². The molecule has 0 saturated carbocycles. The van der Waals surface area contributed by atoms with E-state index in [9.17, 15) is 9.59 Å². The maximum Gasteiger partial charge on any atom is 0.308 e. The first-order chi connectivity index (χ1) is 15.4. The molecule has 8 nitrogen and oxygen atoms in total. The summed E-state index contributed by atoms with van der Waals surface area (Å²) in [5.74, 6) is 1.15. The van der Waals surface area contributed by atoms with E-state index in [-0.39, 0.29) is 5.91 Å². The minimum atomic E-state index is -0.454. The molecule has 0 aliphatic rings. The molecule has 0 unspecified atom stereocenters. The zero-order chi connectivity index (χ0) is 22.8. The molecule has 32 heavy (non-hydrogen) atoms. The Labute approximate surface area is 184 Å². The lowest BCUT2D eigenvalue weighted by molar-refractivity contribution is -0.131. The summed E-state index contributed by atoms with van der Waals surface area (Å²) < 4.78 is 12.1. The summed E-state index contributed by atoms with van der Waals surface area (Å²) in [5, 5.41) is 8.37. The van der Waals surface area contributed by atoms with Gasteiger partial charge in [0, 0.05) is 23.9 Å². The van der Waals surface area contributed by atoms with Gasteiger partial charge >= 0.3 is 5.97 Å². The van der Waals surface area contributed by atoms with E-state index < -0.39 is 5.97 Å². The van der Waals surface area contributed by atoms with Gasteiger partial charge in [0.25, 0.3) is 5.91 Å². The number of para-hydroxylation sites is 1. The number of esters is 1. The molecule has 2 aromatic heterocycles. The van der Waals surface area contributed by atoms with Gasteiger partial charge in [-0.2, -0.15) is 9.78 Å². The minimum absolute atomic E-state index is 0.300. The van der Waals surface area contributed by atoms with Crippen LogP contribution < -0.4 is 14.8 Å². The van der Waals surface area contributed by atoms with Crippen LogP contribution >= 0.6 is 0 Å². The van der Waals surface area contributed by atoms with Gasteiger partial charge in [-0.05, 0) is 49.7 Å². The van der Waals surface area contributed by atoms with Crippen LogP contribution in [-0.4, -0.2) is 33.8 Å². The van der Waals surface area contributed by atoms with Crippen molar-refractivity contribution in [2.75, 3.05) is 12.4 Å². The molecule has 2 heterocycles. The largest absolute Gasteiger partial charge is 0.494 e. The fraction of sp³-hybridized carbons (Fsp3) is 0.167. The highest BCUT2D eigenvalue weighted by molar-refractivity contribution is 6.04. The Kier molecular flexibility index (Phi) is 5.59. The monoisotopic (exact) mass is 430 g/mol. The summed E-state index contributed by atoms with van der Waals surface area (Å²) in [7, 11) is 1.60. The fourth-order valence-electron chi connectivity index (χ4n) is 3.47. The van der Waals surface area contributed by atoms with Gasteiger partial charge in [-0.25, -0.2) is 4.98 Å². The van der Waals surface area contributed by atoms with Crippen molar-refractivity contribution in [1.29, 1.82) is 0 Å². The number of fused-ring (bicyclic) bond motifs is 1. The molecule has 0 atom stereocenters. The average molecular weight is 430 g/mol. The van der Waals surface area contributed by atoms with Gasteiger partial charge in [0.1, 0.15) is 22.8 Å². The van der Waals surface area contributed by atoms with E-state index in [4.69, 9.17) is 14.5 Å². The van der Waals surface area contributed by atoms with Crippen molar-refractivity contribution < 1.29 is 19.1 Å². The second-order valence-electron chi connectivity index (χ2n) is 7.31. The molecular formula is C24H22N4O4. The summed E-state index contributed by atoms with van der Waals surface area (Å²) in [6.45, 7) is 5.13. The third-order valence-corrected chi connectivity index (χ3v) is 4.86. The van der Waals surface area contributed by atoms with Crippen molar-refractivity contribution in [3.05, 3.63) is 71.4 Å². The minimum Gasteiger partial charge on any atom is -0.494 e. The average Bonchev–Trinajstić information content (AvgIpc) is 3.13. The first kappa shape index (κ1) is 21.0. The summed E-state index contributed by atoms with van der Waals surface area (Å²) in [6.07, 6.45) is 0. The number of anilines is 1. The van der Waals surface area contributed by atoms with Crippen LogP contribution in [0, 0.1) is 13.8 Å². The summed E-state index contributed by atoms with van der Waals surface area (Å²) in [5.41, 5.74) is 2.78. The lowest BCUT2D eigenvalue weighted by atomic mass is 10.1. The lowest BCUT2D eigenvalue weighted by Crippen LogP contribution is -2.16. The summed E-state index contributed by atoms with van der Waals surface area (Å²) >= 11 is 0. The fourth-order valence-corrected chi connectivity index (χ4v) is 3.47. The molecule has 1 N–H and O–H groups in total. The number of pyridine rings is 1. The standard InChI is InChI=1S/C24H22N4O4/c1-14-11-21(25-23-19(14)9-6-10-20(23)31-4)28-22(12-15(2)27-28)26-24(30)17-7-5-8-18(13-17)32-16(3)29/h5-13H,1-4H3,(H,26,30). The van der Waals surface area contributed by atoms with Crippen LogP contribution in [0.3, 0.4) is 0 Å². The molecule has 2 aromatic carbocycles. The number of hydrogen-bond acceptors (Lipinski definition) is 6. The Morgan fingerprint density at radius 3 is 2.56 bits per heavy atom. The molecule has 0 aliphatic carbocycles. The number of nitrogens with one attached hydrogen (secondary N) is 1. The number of amides is 1. The SMILES string of the molecule is COc1cccc2c(C)cc(-n3nc(C)cc3NC(=O)c3cccc(OC(C)=O)c3)nc12. The first-order valence-electron chi connectivity index (χ1n) is 9.97. The Morgan fingerprint density at radius 1 is 1.03 bits per heavy atom. The smallest absolute Gasteiger partial charge is 0.308 e. The molecule has 0 aliphatic heterocycles. The highest BCUT2D eigenvalue weighted by atomic mass is 16.5. The molecule has 0 saturated heterocycles. The highest BCUT2D eigenvalue weighted by Gasteiger charge is 2.16. The number of hydrogen-bond donors (Lipinski definition) is 1. The van der Waals surface area contributed by atoms with Crippen molar-refractivity contribution in [3.63, 3.8) is 0 Å². The number of aromatic nitrogens is 3. The lowest BCUT2D eigenvalue weighted by Gasteiger charge is -2.12. The number of carbonyl (C=O) groups is 2. The molecular weight excluding hydrogens is 408 g/mol. The number of nitrogens with zero attached hydrogens (tertiary/aromatic N) is 3. The van der Waals surface area contributed by atoms with E-state index in [0.29, 0.717) is 39.9 Å². The Morgan fingerprint density at radius 2 is 1.81 bits per heavy atom. The Bertz CT molecular complexity index is 1340. The number of methoxy groups -OCH3 is 1. The number of benzene rings is 2. The molecule has 0 bridgehead atoms. The van der Waals surface area contributed by atoms with E-state index in [1.54, 1.807) is 36.1 Å². The summed E-state index contributed by atoms with van der Waals surface area (Å²) in [6, 6.07) is 15.8. The molecule has 162 valence electrons. The first-order valence-corrected chi connectivity index (χ1v) is 9.97. The quantitative estimate of drug-likeness (QED) is 0.376. The van der Waals surface area contributed by atoms with Crippen LogP contribution in [0.4, 0.5) is 5.82 Å². The van der Waals surface area contributed by atoms with Crippen LogP contribution in [0.25, 0.3) is 16.7 Å². The third kappa shape index (κ3) is 4.15. The Balaban J connectivity index is 1.71. The normalized spacial score (nSPS) is 10.8. The third-order valence-electron chi connectivity index (χ3n) is 4.86. The van der Waals surface area contributed by atoms with Gasteiger partial charge in [0.15, 0.2) is 5.82 Å². The predicted octanol–water partition coefficient (Wildman–Crippen LogP) is 4.22. The number of carbonyl (C=O) groups excluding carboxylic acids is 2. The molecule has 0 fully saturated rings. The van der Waals surface area contributed by atoms with Gasteiger partial charge in [0.2, 0.25) is 0 Å². The van der Waals surface area contributed by atoms with Crippen molar-refractivity contribution in [3.8, 4) is 17.3 Å². The van der Waals surface area contributed by atoms with Crippen molar-refractivity contribution in [2.24, 2.45) is 0 Å². The number of ether oxygens (including phenoxy) is 2. The molecule has 8 heteroatoms. The Hall–Kier alpha value is -4.20. The molecule has 0 spiro atoms. The van der Waals surface area contributed by atoms with E-state index in [1.807, 2.05) is 38.1 Å². The second kappa shape index (κ2) is 8.50. The second-order valence-corrected chi connectivity index (χ2v) is 7.31. The van der Waals surface area contributed by atoms with E-state index in [0.717, 1.165) is 10.9 Å². The zero-order valence-corrected chi connectivity index (χ0v) is 18.2. The topological polar surface area (TPSA) is 95.3 Å². The van der Waals surface area contributed by atoms with Crippen LogP contribution in [0.5, 0.6) is 11.5 Å². The van der Waals surface area contributed by atoms with Crippen LogP contribution in [0.2, 0.25) is 0 Å². The van der Waals surface area contributed by atoms with Gasteiger partial charge in [-0.1, -0.05) is 18.2 Å². The van der Waals surface area contributed by atoms with E-state index in [1.165, 1.54) is 13.0 Å². The van der Waals surface area contributed by atoms with Crippen LogP contribution in [0.1, 0.15) is 28.5 Å². The maximum atomic E-state index is 12.9.